The van der Waals surface area contributed by atoms with Crippen LogP contribution in [-0.4, -0.2) is 29.8 Å². The third kappa shape index (κ3) is 2.37. The van der Waals surface area contributed by atoms with Crippen molar-refractivity contribution in [1.29, 1.82) is 0 Å². The first-order valence-corrected chi connectivity index (χ1v) is 4.39. The molecule has 0 unspecified atom stereocenters. The van der Waals surface area contributed by atoms with E-state index in [0.29, 0.717) is 6.54 Å². The summed E-state index contributed by atoms with van der Waals surface area (Å²) in [6.07, 6.45) is 2.71. The van der Waals surface area contributed by atoms with E-state index in [1.807, 2.05) is 6.92 Å². The minimum absolute atomic E-state index is 0.0482. The number of carbonyl (C=O) groups is 1. The van der Waals surface area contributed by atoms with Gasteiger partial charge in [0.2, 0.25) is 0 Å². The van der Waals surface area contributed by atoms with Gasteiger partial charge in [-0.05, 0) is 19.3 Å². The average Bonchev–Trinajstić information content (AvgIpc) is 2.82. The third-order valence-corrected chi connectivity index (χ3v) is 2.07. The average molecular weight is 172 g/mol. The molecule has 1 saturated carbocycles. The summed E-state index contributed by atoms with van der Waals surface area (Å²) in [5.41, 5.74) is -0.294. The predicted octanol–water partition coefficient (Wildman–Crippen LogP) is 0.220. The van der Waals surface area contributed by atoms with Crippen LogP contribution in [0.3, 0.4) is 0 Å². The summed E-state index contributed by atoms with van der Waals surface area (Å²) in [5, 5.41) is 14.3. The molecule has 0 aromatic carbocycles. The largest absolute Gasteiger partial charge is 0.394 e. The van der Waals surface area contributed by atoms with Gasteiger partial charge < -0.3 is 15.7 Å². The summed E-state index contributed by atoms with van der Waals surface area (Å²) in [6, 6.07) is -0.164. The number of nitrogens with one attached hydrogen (secondary N) is 2. The molecule has 70 valence electrons. The maximum atomic E-state index is 11.1. The van der Waals surface area contributed by atoms with Gasteiger partial charge in [-0.25, -0.2) is 4.79 Å². The molecule has 1 aliphatic carbocycles. The van der Waals surface area contributed by atoms with Crippen LogP contribution in [0.5, 0.6) is 0 Å². The van der Waals surface area contributed by atoms with Gasteiger partial charge in [0.25, 0.3) is 0 Å². The van der Waals surface area contributed by atoms with Gasteiger partial charge in [-0.2, -0.15) is 0 Å². The first kappa shape index (κ1) is 9.32. The van der Waals surface area contributed by atoms with Crippen molar-refractivity contribution in [3.05, 3.63) is 0 Å². The summed E-state index contributed by atoms with van der Waals surface area (Å²) in [4.78, 5) is 11.1. The van der Waals surface area contributed by atoms with E-state index in [9.17, 15) is 4.79 Å². The molecule has 0 atom stereocenters. The summed E-state index contributed by atoms with van der Waals surface area (Å²) in [7, 11) is 0. The lowest BCUT2D eigenvalue weighted by atomic mass is 10.3. The molecule has 0 aromatic rings. The highest BCUT2D eigenvalue weighted by Crippen LogP contribution is 2.34. The van der Waals surface area contributed by atoms with Gasteiger partial charge in [0, 0.05) is 6.54 Å². The Labute approximate surface area is 72.3 Å². The molecule has 0 heterocycles. The van der Waals surface area contributed by atoms with Crippen LogP contribution in [0.15, 0.2) is 0 Å². The number of aliphatic hydroxyl groups excluding tert-OH is 1. The normalized spacial score (nSPS) is 18.5. The van der Waals surface area contributed by atoms with Crippen molar-refractivity contribution < 1.29 is 9.90 Å². The van der Waals surface area contributed by atoms with Crippen LogP contribution >= 0.6 is 0 Å². The van der Waals surface area contributed by atoms with Crippen molar-refractivity contribution in [2.45, 2.75) is 31.7 Å². The number of rotatable bonds is 4. The molecule has 12 heavy (non-hydrogen) atoms. The van der Waals surface area contributed by atoms with Gasteiger partial charge in [-0.15, -0.1) is 0 Å². The molecule has 0 bridgehead atoms. The van der Waals surface area contributed by atoms with E-state index in [0.717, 1.165) is 19.3 Å². The van der Waals surface area contributed by atoms with E-state index >= 15 is 0 Å². The SMILES string of the molecule is CCCNC(=O)NC1(CO)CC1. The molecular weight excluding hydrogens is 156 g/mol. The van der Waals surface area contributed by atoms with E-state index in [2.05, 4.69) is 10.6 Å². The van der Waals surface area contributed by atoms with Crippen molar-refractivity contribution in [2.24, 2.45) is 0 Å². The molecule has 2 amide bonds. The Bertz CT molecular complexity index is 166. The number of aliphatic hydroxyl groups is 1. The molecule has 3 N–H and O–H groups in total. The standard InChI is InChI=1S/C8H16N2O2/c1-2-5-9-7(12)10-8(6-11)3-4-8/h11H,2-6H2,1H3,(H2,9,10,12). The third-order valence-electron chi connectivity index (χ3n) is 2.07. The molecular formula is C8H16N2O2. The lowest BCUT2D eigenvalue weighted by Gasteiger charge is -2.14. The predicted molar refractivity (Wildman–Crippen MR) is 45.9 cm³/mol. The number of hydrogen-bond acceptors (Lipinski definition) is 2. The Morgan fingerprint density at radius 3 is 2.67 bits per heavy atom. The van der Waals surface area contributed by atoms with Crippen molar-refractivity contribution in [3.63, 3.8) is 0 Å². The van der Waals surface area contributed by atoms with Crippen LogP contribution in [-0.2, 0) is 0 Å². The van der Waals surface area contributed by atoms with Gasteiger partial charge in [0.05, 0.1) is 12.1 Å². The topological polar surface area (TPSA) is 61.4 Å². The molecule has 0 aromatic heterocycles. The Morgan fingerprint density at radius 2 is 2.25 bits per heavy atom. The first-order chi connectivity index (χ1) is 5.72. The van der Waals surface area contributed by atoms with Crippen LogP contribution in [0.4, 0.5) is 4.79 Å². The van der Waals surface area contributed by atoms with Gasteiger partial charge in [-0.3, -0.25) is 0 Å². The minimum Gasteiger partial charge on any atom is -0.394 e. The van der Waals surface area contributed by atoms with Crippen LogP contribution in [0.25, 0.3) is 0 Å². The highest BCUT2D eigenvalue weighted by molar-refractivity contribution is 5.75. The fraction of sp³-hybridized carbons (Fsp3) is 0.875. The molecule has 4 nitrogen and oxygen atoms in total. The summed E-state index contributed by atoms with van der Waals surface area (Å²) < 4.78 is 0. The quantitative estimate of drug-likeness (QED) is 0.568. The van der Waals surface area contributed by atoms with Crippen molar-refractivity contribution in [3.8, 4) is 0 Å². The Balaban J connectivity index is 2.17. The molecule has 0 aliphatic heterocycles. The first-order valence-electron chi connectivity index (χ1n) is 4.39. The van der Waals surface area contributed by atoms with E-state index in [-0.39, 0.29) is 18.2 Å². The maximum absolute atomic E-state index is 11.1. The second-order valence-corrected chi connectivity index (χ2v) is 3.32. The van der Waals surface area contributed by atoms with Gasteiger partial charge in [-0.1, -0.05) is 6.92 Å². The number of carbonyl (C=O) groups excluding carboxylic acids is 1. The molecule has 1 aliphatic rings. The highest BCUT2D eigenvalue weighted by Gasteiger charge is 2.43. The fourth-order valence-corrected chi connectivity index (χ4v) is 0.997. The zero-order valence-electron chi connectivity index (χ0n) is 7.39. The van der Waals surface area contributed by atoms with E-state index in [4.69, 9.17) is 5.11 Å². The van der Waals surface area contributed by atoms with Gasteiger partial charge in [0.15, 0.2) is 0 Å². The molecule has 1 rings (SSSR count). The van der Waals surface area contributed by atoms with Crippen molar-refractivity contribution in [2.75, 3.05) is 13.2 Å². The van der Waals surface area contributed by atoms with E-state index in [1.54, 1.807) is 0 Å². The zero-order chi connectivity index (χ0) is 9.03. The van der Waals surface area contributed by atoms with Crippen molar-refractivity contribution >= 4 is 6.03 Å². The van der Waals surface area contributed by atoms with Crippen molar-refractivity contribution in [1.82, 2.24) is 10.6 Å². The van der Waals surface area contributed by atoms with Gasteiger partial charge >= 0.3 is 6.03 Å². The molecule has 0 spiro atoms. The molecule has 4 heteroatoms. The summed E-state index contributed by atoms with van der Waals surface area (Å²) in [6.45, 7) is 2.74. The molecule has 0 saturated heterocycles. The monoisotopic (exact) mass is 172 g/mol. The second kappa shape index (κ2) is 3.76. The fourth-order valence-electron chi connectivity index (χ4n) is 0.997. The lowest BCUT2D eigenvalue weighted by molar-refractivity contribution is 0.210. The number of urea groups is 1. The van der Waals surface area contributed by atoms with E-state index < -0.39 is 0 Å². The van der Waals surface area contributed by atoms with Crippen LogP contribution < -0.4 is 10.6 Å². The summed E-state index contributed by atoms with van der Waals surface area (Å²) >= 11 is 0. The van der Waals surface area contributed by atoms with Crippen LogP contribution in [0.1, 0.15) is 26.2 Å². The Morgan fingerprint density at radius 1 is 1.58 bits per heavy atom. The molecule has 0 radical (unpaired) electrons. The zero-order valence-corrected chi connectivity index (χ0v) is 7.39. The van der Waals surface area contributed by atoms with Crippen LogP contribution in [0.2, 0.25) is 0 Å². The number of hydrogen-bond donors (Lipinski definition) is 3. The van der Waals surface area contributed by atoms with Crippen LogP contribution in [0, 0.1) is 0 Å². The Hall–Kier alpha value is -0.770. The summed E-state index contributed by atoms with van der Waals surface area (Å²) in [5.74, 6) is 0. The molecule has 1 fully saturated rings. The Kier molecular flexibility index (Phi) is 2.92. The second-order valence-electron chi connectivity index (χ2n) is 3.32. The lowest BCUT2D eigenvalue weighted by Crippen LogP contribution is -2.45. The smallest absolute Gasteiger partial charge is 0.315 e. The minimum atomic E-state index is -0.294. The highest BCUT2D eigenvalue weighted by atomic mass is 16.3. The number of amides is 2. The maximum Gasteiger partial charge on any atom is 0.315 e. The van der Waals surface area contributed by atoms with E-state index in [1.165, 1.54) is 0 Å². The van der Waals surface area contributed by atoms with Gasteiger partial charge in [0.1, 0.15) is 0 Å².